The summed E-state index contributed by atoms with van der Waals surface area (Å²) in [5.41, 5.74) is -0.367. The second kappa shape index (κ2) is 15.1. The van der Waals surface area contributed by atoms with E-state index in [1.165, 1.54) is 4.90 Å². The van der Waals surface area contributed by atoms with Crippen molar-refractivity contribution in [1.82, 2.24) is 31.2 Å². The lowest BCUT2D eigenvalue weighted by Gasteiger charge is -2.36. The van der Waals surface area contributed by atoms with Gasteiger partial charge in [0.2, 0.25) is 23.5 Å². The molecule has 13 heteroatoms. The van der Waals surface area contributed by atoms with Crippen molar-refractivity contribution in [3.63, 3.8) is 0 Å². The Balaban J connectivity index is 1.45. The lowest BCUT2D eigenvalue weighted by atomic mass is 9.85. The van der Waals surface area contributed by atoms with Gasteiger partial charge in [0.15, 0.2) is 0 Å². The van der Waals surface area contributed by atoms with E-state index < -0.39 is 64.7 Å². The number of likely N-dealkylation sites (tertiary alicyclic amines) is 1. The van der Waals surface area contributed by atoms with Gasteiger partial charge in [0.25, 0.3) is 5.91 Å². The highest BCUT2D eigenvalue weighted by molar-refractivity contribution is 6.38. The number of rotatable bonds is 13. The minimum absolute atomic E-state index is 0.0122. The van der Waals surface area contributed by atoms with Gasteiger partial charge in [-0.2, -0.15) is 0 Å². The molecule has 2 saturated carbocycles. The standard InChI is InChI=1S/C38H54N6O7/c1-9-10-27(30(45)33(47)39-23-13-14-23)40-32(46)29-19-25(20-44(29)35(48)31(37(2,3)4)42-36(49)43-38(5,6)7)51-34-26-16-15-24(50-8)17-22(26)18-28(41-34)21-11-12-21/h15-18,21,23,25,27,29,31H,9-14,19-20H2,1-8H3,(H,39,47)(H,40,46)(H2,42,43,49)/t25-,27+,29?,31?/m1/s1. The Morgan fingerprint density at radius 3 is 2.27 bits per heavy atom. The fraction of sp³-hybridized carbons (Fsp3) is 0.632. The number of nitrogens with one attached hydrogen (secondary N) is 4. The summed E-state index contributed by atoms with van der Waals surface area (Å²) in [6, 6.07) is 4.08. The van der Waals surface area contributed by atoms with Crippen LogP contribution in [0.3, 0.4) is 0 Å². The fourth-order valence-corrected chi connectivity index (χ4v) is 6.35. The van der Waals surface area contributed by atoms with Crippen LogP contribution >= 0.6 is 0 Å². The number of ether oxygens (including phenoxy) is 2. The molecule has 2 heterocycles. The number of aromatic nitrogens is 1. The summed E-state index contributed by atoms with van der Waals surface area (Å²) < 4.78 is 12.1. The number of fused-ring (bicyclic) bond motifs is 1. The van der Waals surface area contributed by atoms with E-state index in [9.17, 15) is 24.0 Å². The van der Waals surface area contributed by atoms with Crippen LogP contribution in [0.1, 0.15) is 105 Å². The van der Waals surface area contributed by atoms with Crippen molar-refractivity contribution in [1.29, 1.82) is 0 Å². The summed E-state index contributed by atoms with van der Waals surface area (Å²) in [6.07, 6.45) is 4.00. The number of amides is 5. The first-order valence-electron chi connectivity index (χ1n) is 18.2. The Hall–Kier alpha value is -4.42. The summed E-state index contributed by atoms with van der Waals surface area (Å²) in [5.74, 6) is -1.01. The van der Waals surface area contributed by atoms with Crippen LogP contribution in [0, 0.1) is 5.41 Å². The zero-order chi connectivity index (χ0) is 37.2. The molecule has 0 spiro atoms. The third-order valence-electron chi connectivity index (χ3n) is 9.37. The van der Waals surface area contributed by atoms with Gasteiger partial charge in [0, 0.05) is 35.0 Å². The van der Waals surface area contributed by atoms with Gasteiger partial charge in [-0.1, -0.05) is 34.1 Å². The smallest absolute Gasteiger partial charge is 0.315 e. The van der Waals surface area contributed by atoms with E-state index in [0.29, 0.717) is 24.0 Å². The molecule has 13 nitrogen and oxygen atoms in total. The maximum Gasteiger partial charge on any atom is 0.315 e. The maximum absolute atomic E-state index is 14.5. The Kier molecular flexibility index (Phi) is 11.2. The number of benzene rings is 1. The number of hydrogen-bond donors (Lipinski definition) is 4. The summed E-state index contributed by atoms with van der Waals surface area (Å²) in [7, 11) is 1.61. The van der Waals surface area contributed by atoms with Gasteiger partial charge in [-0.3, -0.25) is 19.2 Å². The number of Topliss-reactive ketones (excluding diaryl/α,β-unsaturated/α-hetero) is 1. The molecule has 1 saturated heterocycles. The van der Waals surface area contributed by atoms with Crippen molar-refractivity contribution in [2.45, 2.75) is 135 Å². The Labute approximate surface area is 300 Å². The highest BCUT2D eigenvalue weighted by Gasteiger charge is 2.47. The van der Waals surface area contributed by atoms with Crippen molar-refractivity contribution >= 4 is 40.3 Å². The van der Waals surface area contributed by atoms with Gasteiger partial charge < -0.3 is 35.6 Å². The van der Waals surface area contributed by atoms with Gasteiger partial charge in [-0.15, -0.1) is 0 Å². The highest BCUT2D eigenvalue weighted by atomic mass is 16.5. The molecule has 0 bridgehead atoms. The van der Waals surface area contributed by atoms with E-state index in [4.69, 9.17) is 14.5 Å². The number of methoxy groups -OCH3 is 1. The number of carbonyl (C=O) groups is 5. The molecule has 3 fully saturated rings. The Bertz CT molecular complexity index is 1660. The van der Waals surface area contributed by atoms with Crippen molar-refractivity contribution < 1.29 is 33.4 Å². The largest absolute Gasteiger partial charge is 0.497 e. The van der Waals surface area contributed by atoms with Crippen LogP contribution in [0.25, 0.3) is 10.8 Å². The molecule has 1 aromatic heterocycles. The molecule has 0 radical (unpaired) electrons. The predicted octanol–water partition coefficient (Wildman–Crippen LogP) is 4.11. The van der Waals surface area contributed by atoms with Gasteiger partial charge in [-0.05, 0) is 87.9 Å². The first-order valence-corrected chi connectivity index (χ1v) is 18.2. The second-order valence-corrected chi connectivity index (χ2v) is 16.3. The van der Waals surface area contributed by atoms with Crippen molar-refractivity contribution in [2.75, 3.05) is 13.7 Å². The summed E-state index contributed by atoms with van der Waals surface area (Å²) in [4.78, 5) is 74.0. The van der Waals surface area contributed by atoms with Crippen molar-refractivity contribution in [3.8, 4) is 11.6 Å². The van der Waals surface area contributed by atoms with Crippen LogP contribution in [0.2, 0.25) is 0 Å². The maximum atomic E-state index is 14.5. The van der Waals surface area contributed by atoms with Crippen LogP contribution in [-0.4, -0.2) is 88.9 Å². The van der Waals surface area contributed by atoms with Crippen LogP contribution in [0.4, 0.5) is 4.79 Å². The molecular formula is C38H54N6O7. The fourth-order valence-electron chi connectivity index (χ4n) is 6.35. The topological polar surface area (TPSA) is 168 Å². The minimum atomic E-state index is -1.05. The number of urea groups is 1. The first-order chi connectivity index (χ1) is 24.0. The third kappa shape index (κ3) is 9.68. The molecule has 2 unspecified atom stereocenters. The van der Waals surface area contributed by atoms with Gasteiger partial charge >= 0.3 is 6.03 Å². The quantitative estimate of drug-likeness (QED) is 0.226. The highest BCUT2D eigenvalue weighted by Crippen LogP contribution is 2.42. The van der Waals surface area contributed by atoms with Crippen LogP contribution in [0.15, 0.2) is 24.3 Å². The lowest BCUT2D eigenvalue weighted by molar-refractivity contribution is -0.144. The van der Waals surface area contributed by atoms with Gasteiger partial charge in [-0.25, -0.2) is 9.78 Å². The molecule has 1 aromatic carbocycles. The van der Waals surface area contributed by atoms with Gasteiger partial charge in [0.1, 0.15) is 23.9 Å². The van der Waals surface area contributed by atoms with E-state index in [1.54, 1.807) is 7.11 Å². The van der Waals surface area contributed by atoms with Crippen molar-refractivity contribution in [2.24, 2.45) is 5.41 Å². The lowest BCUT2D eigenvalue weighted by Crippen LogP contribution is -2.61. The average Bonchev–Trinajstić information content (AvgIpc) is 3.99. The molecule has 51 heavy (non-hydrogen) atoms. The molecular weight excluding hydrogens is 652 g/mol. The molecule has 3 aliphatic rings. The third-order valence-corrected chi connectivity index (χ3v) is 9.37. The number of ketones is 1. The monoisotopic (exact) mass is 706 g/mol. The predicted molar refractivity (Wildman–Crippen MR) is 192 cm³/mol. The van der Waals surface area contributed by atoms with E-state index >= 15 is 0 Å². The SMILES string of the molecule is CCC[C@H](NC(=O)C1C[C@@H](Oc2nc(C3CC3)cc3cc(OC)ccc23)CN1C(=O)C(NC(=O)NC(C)(C)C)C(C)(C)C)C(=O)C(=O)NC1CC1. The molecule has 4 N–H and O–H groups in total. The summed E-state index contributed by atoms with van der Waals surface area (Å²) in [6.45, 7) is 13.0. The van der Waals surface area contributed by atoms with Crippen molar-refractivity contribution in [3.05, 3.63) is 30.0 Å². The minimum Gasteiger partial charge on any atom is -0.497 e. The first kappa shape index (κ1) is 37.8. The number of pyridine rings is 1. The number of hydrogen-bond acceptors (Lipinski definition) is 8. The van der Waals surface area contributed by atoms with E-state index in [-0.39, 0.29) is 25.4 Å². The summed E-state index contributed by atoms with van der Waals surface area (Å²) >= 11 is 0. The zero-order valence-corrected chi connectivity index (χ0v) is 31.2. The van der Waals surface area contributed by atoms with E-state index in [0.717, 1.165) is 42.1 Å². The van der Waals surface area contributed by atoms with E-state index in [1.807, 2.05) is 66.7 Å². The van der Waals surface area contributed by atoms with Crippen LogP contribution in [0.5, 0.6) is 11.6 Å². The number of nitrogens with zero attached hydrogens (tertiary/aromatic N) is 2. The molecule has 2 aliphatic carbocycles. The Morgan fingerprint density at radius 1 is 0.980 bits per heavy atom. The Morgan fingerprint density at radius 2 is 1.69 bits per heavy atom. The normalized spacial score (nSPS) is 20.3. The zero-order valence-electron chi connectivity index (χ0n) is 31.2. The van der Waals surface area contributed by atoms with Gasteiger partial charge in [0.05, 0.1) is 19.7 Å². The molecule has 1 aliphatic heterocycles. The van der Waals surface area contributed by atoms with Crippen LogP contribution < -0.4 is 30.7 Å². The molecule has 5 amide bonds. The molecule has 278 valence electrons. The average molecular weight is 707 g/mol. The second-order valence-electron chi connectivity index (χ2n) is 16.3. The van der Waals surface area contributed by atoms with E-state index in [2.05, 4.69) is 27.3 Å². The molecule has 5 rings (SSSR count). The number of carbonyl (C=O) groups excluding carboxylic acids is 5. The molecule has 2 aromatic rings. The summed E-state index contributed by atoms with van der Waals surface area (Å²) in [5, 5.41) is 12.9. The van der Waals surface area contributed by atoms with Crippen LogP contribution in [-0.2, 0) is 19.2 Å². The molecule has 4 atom stereocenters.